The second-order valence-corrected chi connectivity index (χ2v) is 8.08. The molecule has 0 unspecified atom stereocenters. The summed E-state index contributed by atoms with van der Waals surface area (Å²) in [5.74, 6) is -0.200. The van der Waals surface area contributed by atoms with Crippen molar-refractivity contribution in [3.8, 4) is 11.5 Å². The lowest BCUT2D eigenvalue weighted by Crippen LogP contribution is -2.09. The molecule has 0 radical (unpaired) electrons. The van der Waals surface area contributed by atoms with Crippen LogP contribution in [0, 0.1) is 20.2 Å². The molecule has 184 valence electrons. The van der Waals surface area contributed by atoms with E-state index in [1.165, 1.54) is 32.4 Å². The average Bonchev–Trinajstić information content (AvgIpc) is 2.79. The smallest absolute Gasteiger partial charge is 0.337 e. The Bertz CT molecular complexity index is 1390. The fourth-order valence-electron chi connectivity index (χ4n) is 2.70. The van der Waals surface area contributed by atoms with Crippen molar-refractivity contribution >= 4 is 60.1 Å². The first-order valence-electron chi connectivity index (χ1n) is 9.21. The van der Waals surface area contributed by atoms with Gasteiger partial charge in [0.05, 0.1) is 67.6 Å². The molecule has 0 spiro atoms. The second kappa shape index (κ2) is 11.9. The van der Waals surface area contributed by atoms with Gasteiger partial charge in [0.15, 0.2) is 0 Å². The maximum absolute atomic E-state index is 11.8. The van der Waals surface area contributed by atoms with E-state index in [4.69, 9.17) is 14.6 Å². The molecule has 0 amide bonds. The third-order valence-corrected chi connectivity index (χ3v) is 5.53. The molecule has 0 saturated carbocycles. The highest BCUT2D eigenvalue weighted by atomic mass is 79.9. The molecule has 13 nitrogen and oxygen atoms in total. The Morgan fingerprint density at radius 1 is 1.09 bits per heavy atom. The molecule has 0 aliphatic carbocycles. The molecule has 1 heterocycles. The van der Waals surface area contributed by atoms with Gasteiger partial charge in [-0.05, 0) is 44.0 Å². The third-order valence-electron chi connectivity index (χ3n) is 4.29. The van der Waals surface area contributed by atoms with E-state index in [9.17, 15) is 29.8 Å². The lowest BCUT2D eigenvalue weighted by atomic mass is 10.1. The molecule has 0 aliphatic heterocycles. The Morgan fingerprint density at radius 2 is 1.69 bits per heavy atom. The number of ether oxygens (including phenoxy) is 2. The summed E-state index contributed by atoms with van der Waals surface area (Å²) < 4.78 is 11.1. The zero-order valence-electron chi connectivity index (χ0n) is 17.9. The van der Waals surface area contributed by atoms with Crippen LogP contribution < -0.4 is 20.2 Å². The molecule has 3 rings (SSSR count). The number of rotatable bonds is 7. The van der Waals surface area contributed by atoms with Crippen LogP contribution in [0.1, 0.15) is 10.4 Å². The highest BCUT2D eigenvalue weighted by molar-refractivity contribution is 9.11. The number of benzene rings is 2. The standard InChI is InChI=1S/C10H9BrN2O5.C10H7BrN2O4/c1-18-9-5-8(12-2-3-13(16)17)6(10(14)15)4-7(9)11;1-17-9-3-7-5(2-6(9)11)10(14)8(4-12-7)13(15)16/h2-5,12H,1H3,(H,14,15);2-4H,1H3,(H,12,14)/b3-2+;. The normalized spacial score (nSPS) is 10.4. The maximum Gasteiger partial charge on any atom is 0.337 e. The van der Waals surface area contributed by atoms with E-state index in [-0.39, 0.29) is 16.6 Å². The minimum Gasteiger partial charge on any atom is -0.495 e. The van der Waals surface area contributed by atoms with Crippen molar-refractivity contribution in [2.75, 3.05) is 19.5 Å². The number of pyridine rings is 1. The van der Waals surface area contributed by atoms with Crippen molar-refractivity contribution in [1.82, 2.24) is 4.98 Å². The summed E-state index contributed by atoms with van der Waals surface area (Å²) in [7, 11) is 2.92. The quantitative estimate of drug-likeness (QED) is 0.252. The number of nitro groups is 2. The van der Waals surface area contributed by atoms with Gasteiger partial charge in [0.1, 0.15) is 11.5 Å². The summed E-state index contributed by atoms with van der Waals surface area (Å²) in [6.45, 7) is 0. The van der Waals surface area contributed by atoms with Gasteiger partial charge < -0.3 is 24.9 Å². The summed E-state index contributed by atoms with van der Waals surface area (Å²) in [6.07, 6.45) is 2.79. The van der Waals surface area contributed by atoms with Crippen molar-refractivity contribution in [1.29, 1.82) is 0 Å². The molecule has 0 bridgehead atoms. The van der Waals surface area contributed by atoms with E-state index in [0.717, 1.165) is 12.4 Å². The number of carbonyl (C=O) groups is 1. The number of H-pyrrole nitrogens is 1. The van der Waals surface area contributed by atoms with Crippen LogP contribution in [0.15, 0.2) is 56.6 Å². The van der Waals surface area contributed by atoms with Crippen LogP contribution in [0.3, 0.4) is 0 Å². The molecular formula is C20H16Br2N4O9. The van der Waals surface area contributed by atoms with Crippen LogP contribution in [0.5, 0.6) is 11.5 Å². The molecule has 35 heavy (non-hydrogen) atoms. The van der Waals surface area contributed by atoms with Crippen molar-refractivity contribution in [3.63, 3.8) is 0 Å². The maximum atomic E-state index is 11.8. The topological polar surface area (TPSA) is 187 Å². The van der Waals surface area contributed by atoms with Gasteiger partial charge in [0, 0.05) is 12.1 Å². The molecule has 0 aliphatic rings. The lowest BCUT2D eigenvalue weighted by molar-refractivity contribution is -0.402. The number of hydrogen-bond acceptors (Lipinski definition) is 9. The van der Waals surface area contributed by atoms with Gasteiger partial charge in [-0.3, -0.25) is 25.0 Å². The summed E-state index contributed by atoms with van der Waals surface area (Å²) in [5, 5.41) is 32.5. The van der Waals surface area contributed by atoms with E-state index >= 15 is 0 Å². The number of methoxy groups -OCH3 is 2. The molecule has 3 N–H and O–H groups in total. The monoisotopic (exact) mass is 614 g/mol. The number of aromatic amines is 1. The Balaban J connectivity index is 0.000000247. The van der Waals surface area contributed by atoms with Crippen LogP contribution in [-0.4, -0.2) is 40.1 Å². The van der Waals surface area contributed by atoms with Gasteiger partial charge in [-0.1, -0.05) is 0 Å². The fraction of sp³-hybridized carbons (Fsp3) is 0.100. The highest BCUT2D eigenvalue weighted by Crippen LogP contribution is 2.31. The summed E-state index contributed by atoms with van der Waals surface area (Å²) in [4.78, 5) is 44.9. The fourth-order valence-corrected chi connectivity index (χ4v) is 3.71. The number of nitrogens with one attached hydrogen (secondary N) is 2. The molecule has 1 aromatic heterocycles. The molecule has 15 heteroatoms. The molecule has 2 aromatic carbocycles. The van der Waals surface area contributed by atoms with Crippen LogP contribution in [0.4, 0.5) is 11.4 Å². The van der Waals surface area contributed by atoms with Gasteiger partial charge in [0.25, 0.3) is 5.43 Å². The number of aromatic nitrogens is 1. The Morgan fingerprint density at radius 3 is 2.23 bits per heavy atom. The van der Waals surface area contributed by atoms with Gasteiger partial charge in [0.2, 0.25) is 6.20 Å². The zero-order chi connectivity index (χ0) is 26.3. The number of hydrogen-bond donors (Lipinski definition) is 3. The van der Waals surface area contributed by atoms with Gasteiger partial charge in [-0.15, -0.1) is 0 Å². The van der Waals surface area contributed by atoms with Crippen LogP contribution in [0.25, 0.3) is 10.9 Å². The average molecular weight is 616 g/mol. The number of carboxylic acid groups (broad SMARTS) is 1. The first-order chi connectivity index (χ1) is 16.5. The van der Waals surface area contributed by atoms with E-state index in [2.05, 4.69) is 42.2 Å². The van der Waals surface area contributed by atoms with E-state index in [1.54, 1.807) is 6.07 Å². The van der Waals surface area contributed by atoms with Gasteiger partial charge >= 0.3 is 11.7 Å². The third kappa shape index (κ3) is 6.77. The minimum atomic E-state index is -1.16. The largest absolute Gasteiger partial charge is 0.495 e. The predicted octanol–water partition coefficient (Wildman–Crippen LogP) is 4.52. The molecule has 0 atom stereocenters. The first kappa shape index (κ1) is 27.3. The van der Waals surface area contributed by atoms with Crippen molar-refractivity contribution in [3.05, 3.63) is 87.8 Å². The van der Waals surface area contributed by atoms with E-state index in [0.29, 0.717) is 32.2 Å². The van der Waals surface area contributed by atoms with Crippen LogP contribution in [-0.2, 0) is 0 Å². The predicted molar refractivity (Wildman–Crippen MR) is 133 cm³/mol. The number of nitrogens with zero attached hydrogens (tertiary/aromatic N) is 2. The molecule has 3 aromatic rings. The van der Waals surface area contributed by atoms with Gasteiger partial charge in [-0.25, -0.2) is 4.79 Å². The van der Waals surface area contributed by atoms with Crippen LogP contribution in [0.2, 0.25) is 0 Å². The molecule has 0 saturated heterocycles. The van der Waals surface area contributed by atoms with Crippen molar-refractivity contribution in [2.45, 2.75) is 0 Å². The number of halogens is 2. The summed E-state index contributed by atoms with van der Waals surface area (Å²) in [5.41, 5.74) is -0.446. The SMILES string of the molecule is COc1cc(N/C=C/[N+](=O)[O-])c(C(=O)O)cc1Br.COc1cc2[nH]cc([N+](=O)[O-])c(=O)c2cc1Br. The van der Waals surface area contributed by atoms with Crippen LogP contribution >= 0.6 is 31.9 Å². The molecule has 0 fully saturated rings. The Kier molecular flexibility index (Phi) is 9.30. The minimum absolute atomic E-state index is 0.0318. The van der Waals surface area contributed by atoms with Gasteiger partial charge in [-0.2, -0.15) is 0 Å². The molecular weight excluding hydrogens is 600 g/mol. The Labute approximate surface area is 212 Å². The summed E-state index contributed by atoms with van der Waals surface area (Å²) in [6, 6.07) is 5.88. The van der Waals surface area contributed by atoms with Crippen molar-refractivity contribution < 1.29 is 29.2 Å². The number of fused-ring (bicyclic) bond motifs is 1. The van der Waals surface area contributed by atoms with E-state index in [1.807, 2.05) is 0 Å². The first-order valence-corrected chi connectivity index (χ1v) is 10.8. The second-order valence-electron chi connectivity index (χ2n) is 6.38. The van der Waals surface area contributed by atoms with Crippen molar-refractivity contribution in [2.24, 2.45) is 0 Å². The summed E-state index contributed by atoms with van der Waals surface area (Å²) >= 11 is 6.38. The number of anilines is 1. The number of aromatic carboxylic acids is 1. The number of carboxylic acids is 1. The zero-order valence-corrected chi connectivity index (χ0v) is 21.1. The van der Waals surface area contributed by atoms with E-state index < -0.39 is 26.9 Å². The lowest BCUT2D eigenvalue weighted by Gasteiger charge is -2.09. The Hall–Kier alpha value is -3.98. The highest BCUT2D eigenvalue weighted by Gasteiger charge is 2.16.